The van der Waals surface area contributed by atoms with Gasteiger partial charge in [-0.2, -0.15) is 0 Å². The van der Waals surface area contributed by atoms with Crippen molar-refractivity contribution in [3.63, 3.8) is 0 Å². The molecule has 0 radical (unpaired) electrons. The van der Waals surface area contributed by atoms with E-state index < -0.39 is 47.7 Å². The number of nitrogens with one attached hydrogen (secondary N) is 3. The summed E-state index contributed by atoms with van der Waals surface area (Å²) in [5.74, 6) is -4.16. The molecule has 1 aliphatic carbocycles. The highest BCUT2D eigenvalue weighted by molar-refractivity contribution is 6.34. The van der Waals surface area contributed by atoms with Crippen LogP contribution in [0.2, 0.25) is 5.02 Å². The van der Waals surface area contributed by atoms with Gasteiger partial charge >= 0.3 is 18.2 Å². The molecule has 0 unspecified atom stereocenters. The number of alkyl halides is 2. The Kier molecular flexibility index (Phi) is 11.0. The van der Waals surface area contributed by atoms with E-state index in [1.807, 2.05) is 18.2 Å². The lowest BCUT2D eigenvalue weighted by Gasteiger charge is -2.34. The molecule has 1 atom stereocenters. The van der Waals surface area contributed by atoms with Crippen molar-refractivity contribution in [2.75, 3.05) is 5.32 Å². The molecule has 2 aromatic rings. The Morgan fingerprint density at radius 2 is 1.67 bits per heavy atom. The largest absolute Gasteiger partial charge is 0.481 e. The number of alkyl carbamates (subject to hydrolysis) is 1. The molecule has 1 fully saturated rings. The molecular formula is C30H37ClF2N4O6. The van der Waals surface area contributed by atoms with Crippen LogP contribution in [0.25, 0.3) is 0 Å². The molecule has 0 aliphatic heterocycles. The van der Waals surface area contributed by atoms with Crippen molar-refractivity contribution in [3.05, 3.63) is 64.7 Å². The van der Waals surface area contributed by atoms with Crippen molar-refractivity contribution in [1.82, 2.24) is 10.6 Å². The summed E-state index contributed by atoms with van der Waals surface area (Å²) in [6.07, 6.45) is -2.80. The number of carboxylic acids is 1. The number of nitrogens with zero attached hydrogens (tertiary/aromatic N) is 1. The highest BCUT2D eigenvalue weighted by Gasteiger charge is 2.37. The van der Waals surface area contributed by atoms with E-state index in [0.717, 1.165) is 5.56 Å². The minimum absolute atomic E-state index is 0.0179. The van der Waals surface area contributed by atoms with Gasteiger partial charge < -0.3 is 19.9 Å². The summed E-state index contributed by atoms with van der Waals surface area (Å²) in [6, 6.07) is 13.1. The maximum atomic E-state index is 13.8. The van der Waals surface area contributed by atoms with E-state index in [1.165, 1.54) is 13.0 Å². The average molecular weight is 623 g/mol. The molecule has 13 heteroatoms. The Morgan fingerprint density at radius 3 is 2.28 bits per heavy atom. The normalized spacial score (nSPS) is 16.9. The van der Waals surface area contributed by atoms with Crippen molar-refractivity contribution < 1.29 is 37.7 Å². The number of anilines is 1. The molecule has 0 bridgehead atoms. The number of rotatable bonds is 8. The molecule has 1 aliphatic rings. The summed E-state index contributed by atoms with van der Waals surface area (Å²) < 4.78 is 38.2. The second kappa shape index (κ2) is 14.0. The fourth-order valence-electron chi connectivity index (χ4n) is 4.53. The SMILES string of the molecule is CC(C)(C)OC(=O)NC(=NC1CCC(F)(F)CC1)N[C@@](C)(CC(=O)O)c1cccc(NC(=O)OCc2ccccc2)c1Cl. The number of halogens is 3. The zero-order chi connectivity index (χ0) is 31.8. The number of guanidine groups is 1. The predicted octanol–water partition coefficient (Wildman–Crippen LogP) is 6.83. The van der Waals surface area contributed by atoms with Gasteiger partial charge in [-0.05, 0) is 57.7 Å². The molecule has 0 spiro atoms. The number of ether oxygens (including phenoxy) is 2. The van der Waals surface area contributed by atoms with Gasteiger partial charge in [-0.1, -0.05) is 54.1 Å². The van der Waals surface area contributed by atoms with Crippen LogP contribution in [0.3, 0.4) is 0 Å². The van der Waals surface area contributed by atoms with Gasteiger partial charge in [-0.3, -0.25) is 15.4 Å². The summed E-state index contributed by atoms with van der Waals surface area (Å²) in [6.45, 7) is 6.54. The molecule has 2 aromatic carbocycles. The van der Waals surface area contributed by atoms with Gasteiger partial charge in [0.1, 0.15) is 12.2 Å². The van der Waals surface area contributed by atoms with Gasteiger partial charge in [0.25, 0.3) is 0 Å². The summed E-state index contributed by atoms with van der Waals surface area (Å²) in [4.78, 5) is 41.7. The molecule has 4 N–H and O–H groups in total. The van der Waals surface area contributed by atoms with Crippen LogP contribution in [0.4, 0.5) is 24.1 Å². The summed E-state index contributed by atoms with van der Waals surface area (Å²) in [5, 5.41) is 17.9. The summed E-state index contributed by atoms with van der Waals surface area (Å²) >= 11 is 6.70. The molecule has 3 rings (SSSR count). The van der Waals surface area contributed by atoms with Crippen molar-refractivity contribution >= 4 is 41.4 Å². The van der Waals surface area contributed by atoms with Gasteiger partial charge in [-0.15, -0.1) is 0 Å². The predicted molar refractivity (Wildman–Crippen MR) is 158 cm³/mol. The van der Waals surface area contributed by atoms with Gasteiger partial charge in [0.05, 0.1) is 28.7 Å². The number of aliphatic imine (C=N–C) groups is 1. The van der Waals surface area contributed by atoms with Crippen molar-refractivity contribution in [2.24, 2.45) is 4.99 Å². The highest BCUT2D eigenvalue weighted by atomic mass is 35.5. The number of benzene rings is 2. The average Bonchev–Trinajstić information content (AvgIpc) is 2.89. The number of hydrogen-bond acceptors (Lipinski definition) is 6. The second-order valence-electron chi connectivity index (χ2n) is 11.6. The molecule has 10 nitrogen and oxygen atoms in total. The zero-order valence-electron chi connectivity index (χ0n) is 24.5. The van der Waals surface area contributed by atoms with E-state index in [1.54, 1.807) is 45.0 Å². The Labute approximate surface area is 254 Å². The van der Waals surface area contributed by atoms with Crippen LogP contribution in [-0.4, -0.2) is 46.8 Å². The van der Waals surface area contributed by atoms with Crippen LogP contribution < -0.4 is 16.0 Å². The molecule has 0 saturated heterocycles. The summed E-state index contributed by atoms with van der Waals surface area (Å²) in [5.41, 5.74) is -1.16. The Balaban J connectivity index is 1.89. The second-order valence-corrected chi connectivity index (χ2v) is 12.0. The first-order valence-corrected chi connectivity index (χ1v) is 14.2. The molecule has 0 aromatic heterocycles. The lowest BCUT2D eigenvalue weighted by Crippen LogP contribution is -2.53. The third kappa shape index (κ3) is 10.7. The number of aliphatic carboxylic acids is 1. The van der Waals surface area contributed by atoms with Crippen LogP contribution in [0.15, 0.2) is 53.5 Å². The van der Waals surface area contributed by atoms with E-state index in [9.17, 15) is 28.3 Å². The third-order valence-corrected chi connectivity index (χ3v) is 6.97. The molecule has 2 amide bonds. The lowest BCUT2D eigenvalue weighted by atomic mass is 9.88. The standard InChI is InChI=1S/C30H37ClF2N4O6/c1-28(2,3)43-27(41)36-25(34-20-13-15-30(32,33)16-14-20)37-29(4,17-23(38)39)21-11-8-12-22(24(21)31)35-26(40)42-18-19-9-6-5-7-10-19/h5-12,20H,13-18H2,1-4H3,(H,35,40)(H,38,39)(H2,34,36,37,41)/t29-/m0/s1. The van der Waals surface area contributed by atoms with E-state index >= 15 is 0 Å². The molecular weight excluding hydrogens is 586 g/mol. The fourth-order valence-corrected chi connectivity index (χ4v) is 4.91. The van der Waals surface area contributed by atoms with Crippen LogP contribution in [0.1, 0.15) is 70.9 Å². The van der Waals surface area contributed by atoms with Crippen molar-refractivity contribution in [1.29, 1.82) is 0 Å². The van der Waals surface area contributed by atoms with Gasteiger partial charge in [0, 0.05) is 12.8 Å². The minimum atomic E-state index is -2.79. The van der Waals surface area contributed by atoms with Crippen molar-refractivity contribution in [3.8, 4) is 0 Å². The fraction of sp³-hybridized carbons (Fsp3) is 0.467. The lowest BCUT2D eigenvalue weighted by molar-refractivity contribution is -0.138. The highest BCUT2D eigenvalue weighted by Crippen LogP contribution is 2.37. The Hall–Kier alpha value is -3.93. The Bertz CT molecular complexity index is 1330. The molecule has 234 valence electrons. The molecule has 0 heterocycles. The van der Waals surface area contributed by atoms with Gasteiger partial charge in [-0.25, -0.2) is 23.4 Å². The smallest absolute Gasteiger partial charge is 0.414 e. The van der Waals surface area contributed by atoms with E-state index in [4.69, 9.17) is 21.1 Å². The molecule has 43 heavy (non-hydrogen) atoms. The van der Waals surface area contributed by atoms with Crippen molar-refractivity contribution in [2.45, 2.75) is 89.5 Å². The zero-order valence-corrected chi connectivity index (χ0v) is 25.3. The van der Waals surface area contributed by atoms with E-state index in [2.05, 4.69) is 20.9 Å². The quantitative estimate of drug-likeness (QED) is 0.187. The van der Waals surface area contributed by atoms with Crippen LogP contribution in [0.5, 0.6) is 0 Å². The number of carboxylic acid groups (broad SMARTS) is 1. The summed E-state index contributed by atoms with van der Waals surface area (Å²) in [7, 11) is 0. The first kappa shape index (κ1) is 33.6. The monoisotopic (exact) mass is 622 g/mol. The first-order chi connectivity index (χ1) is 20.1. The van der Waals surface area contributed by atoms with Crippen LogP contribution in [-0.2, 0) is 26.4 Å². The van der Waals surface area contributed by atoms with Gasteiger partial charge in [0.2, 0.25) is 11.9 Å². The first-order valence-electron chi connectivity index (χ1n) is 13.8. The number of carbonyl (C=O) groups excluding carboxylic acids is 2. The third-order valence-electron chi connectivity index (χ3n) is 6.56. The topological polar surface area (TPSA) is 138 Å². The Morgan fingerprint density at radius 1 is 1.02 bits per heavy atom. The maximum absolute atomic E-state index is 13.8. The van der Waals surface area contributed by atoms with Crippen LogP contribution >= 0.6 is 11.6 Å². The minimum Gasteiger partial charge on any atom is -0.481 e. The number of hydrogen-bond donors (Lipinski definition) is 4. The van der Waals surface area contributed by atoms with E-state index in [-0.39, 0.29) is 54.5 Å². The molecule has 1 saturated carbocycles. The van der Waals surface area contributed by atoms with Gasteiger partial charge in [0.15, 0.2) is 0 Å². The maximum Gasteiger partial charge on any atom is 0.414 e. The van der Waals surface area contributed by atoms with Crippen LogP contribution in [0, 0.1) is 0 Å². The van der Waals surface area contributed by atoms with E-state index in [0.29, 0.717) is 0 Å². The number of carbonyl (C=O) groups is 3. The number of amides is 2.